The third-order valence-corrected chi connectivity index (χ3v) is 3.58. The van der Waals surface area contributed by atoms with E-state index in [1.54, 1.807) is 6.20 Å². The van der Waals surface area contributed by atoms with Crippen LogP contribution in [-0.4, -0.2) is 9.97 Å². The van der Waals surface area contributed by atoms with Crippen LogP contribution in [0.4, 0.5) is 5.69 Å². The summed E-state index contributed by atoms with van der Waals surface area (Å²) >= 11 is 3.46. The Morgan fingerprint density at radius 3 is 2.35 bits per heavy atom. The number of aromatic nitrogens is 2. The fraction of sp³-hybridized carbons (Fsp3) is 0.333. The molecule has 106 valence electrons. The Morgan fingerprint density at radius 2 is 1.80 bits per heavy atom. The normalized spacial score (nSPS) is 10.9. The summed E-state index contributed by atoms with van der Waals surface area (Å²) in [5.41, 5.74) is 9.42. The van der Waals surface area contributed by atoms with Crippen molar-refractivity contribution in [3.63, 3.8) is 0 Å². The lowest BCUT2D eigenvalue weighted by Crippen LogP contribution is -2.01. The van der Waals surface area contributed by atoms with Gasteiger partial charge in [-0.05, 0) is 59.0 Å². The first kappa shape index (κ1) is 14.8. The van der Waals surface area contributed by atoms with Gasteiger partial charge in [0.05, 0.1) is 10.2 Å². The van der Waals surface area contributed by atoms with E-state index in [4.69, 9.17) is 10.5 Å². The fourth-order valence-electron chi connectivity index (χ4n) is 2.05. The van der Waals surface area contributed by atoms with Gasteiger partial charge in [0, 0.05) is 11.9 Å². The van der Waals surface area contributed by atoms with E-state index in [0.29, 0.717) is 11.9 Å². The maximum atomic E-state index is 5.84. The molecule has 0 saturated heterocycles. The minimum atomic E-state index is 0.295. The van der Waals surface area contributed by atoms with Crippen molar-refractivity contribution in [3.8, 4) is 11.8 Å². The molecule has 4 nitrogen and oxygen atoms in total. The molecule has 0 fully saturated rings. The average Bonchev–Trinajstić information content (AvgIpc) is 2.35. The molecule has 2 N–H and O–H groups in total. The molecule has 2 rings (SSSR count). The number of hydrogen-bond acceptors (Lipinski definition) is 4. The summed E-state index contributed by atoms with van der Waals surface area (Å²) in [5.74, 6) is 1.06. The maximum absolute atomic E-state index is 5.84. The van der Waals surface area contributed by atoms with Crippen LogP contribution >= 0.6 is 15.9 Å². The highest BCUT2D eigenvalue weighted by Crippen LogP contribution is 2.30. The van der Waals surface area contributed by atoms with E-state index in [-0.39, 0.29) is 0 Å². The number of nitrogens with zero attached hydrogens (tertiary/aromatic N) is 2. The number of nitrogens with two attached hydrogens (primary N) is 1. The molecule has 0 atom stereocenters. The zero-order valence-electron chi connectivity index (χ0n) is 12.1. The van der Waals surface area contributed by atoms with Crippen molar-refractivity contribution < 1.29 is 4.74 Å². The minimum Gasteiger partial charge on any atom is -0.424 e. The second kappa shape index (κ2) is 5.79. The first-order valence-corrected chi connectivity index (χ1v) is 7.24. The molecule has 0 bridgehead atoms. The van der Waals surface area contributed by atoms with Crippen LogP contribution in [0.3, 0.4) is 0 Å². The van der Waals surface area contributed by atoms with Gasteiger partial charge < -0.3 is 10.5 Å². The molecule has 1 aromatic carbocycles. The highest BCUT2D eigenvalue weighted by Gasteiger charge is 2.12. The predicted octanol–water partition coefficient (Wildman–Crippen LogP) is 4.35. The van der Waals surface area contributed by atoms with Gasteiger partial charge in [-0.2, -0.15) is 4.98 Å². The monoisotopic (exact) mass is 335 g/mol. The van der Waals surface area contributed by atoms with Crippen molar-refractivity contribution in [1.29, 1.82) is 0 Å². The summed E-state index contributed by atoms with van der Waals surface area (Å²) in [6.07, 6.45) is 1.72. The summed E-state index contributed by atoms with van der Waals surface area (Å²) in [6.45, 7) is 8.08. The lowest BCUT2D eigenvalue weighted by atomic mass is 10.1. The van der Waals surface area contributed by atoms with Crippen LogP contribution in [0.15, 0.2) is 22.8 Å². The average molecular weight is 336 g/mol. The summed E-state index contributed by atoms with van der Waals surface area (Å²) in [5, 5.41) is 0. The molecule has 0 aliphatic rings. The molecule has 2 aromatic rings. The van der Waals surface area contributed by atoms with E-state index < -0.39 is 0 Å². The Bertz CT molecular complexity index is 618. The van der Waals surface area contributed by atoms with Gasteiger partial charge >= 0.3 is 6.01 Å². The Kier molecular flexibility index (Phi) is 4.28. The molecule has 0 saturated carbocycles. The molecule has 1 heterocycles. The number of anilines is 1. The Balaban J connectivity index is 2.38. The Labute approximate surface area is 127 Å². The summed E-state index contributed by atoms with van der Waals surface area (Å²) < 4.78 is 6.74. The lowest BCUT2D eigenvalue weighted by Gasteiger charge is -2.13. The van der Waals surface area contributed by atoms with Crippen LogP contribution in [0.5, 0.6) is 11.8 Å². The first-order valence-electron chi connectivity index (χ1n) is 6.45. The van der Waals surface area contributed by atoms with Crippen LogP contribution in [-0.2, 0) is 0 Å². The van der Waals surface area contributed by atoms with Gasteiger partial charge in [0.2, 0.25) is 0 Å². The minimum absolute atomic E-state index is 0.295. The SMILES string of the molecule is Cc1cc(N)cc(C)c1Oc1ncc(Br)c(C(C)C)n1. The molecular formula is C15H18BrN3O. The van der Waals surface area contributed by atoms with Gasteiger partial charge in [0.1, 0.15) is 5.75 Å². The van der Waals surface area contributed by atoms with E-state index in [0.717, 1.165) is 32.7 Å². The molecule has 0 amide bonds. The summed E-state index contributed by atoms with van der Waals surface area (Å²) in [7, 11) is 0. The lowest BCUT2D eigenvalue weighted by molar-refractivity contribution is 0.431. The molecule has 0 spiro atoms. The number of nitrogen functional groups attached to an aromatic ring is 1. The van der Waals surface area contributed by atoms with Crippen LogP contribution in [0.1, 0.15) is 36.6 Å². The standard InChI is InChI=1S/C15H18BrN3O/c1-8(2)13-12(16)7-18-15(19-13)20-14-9(3)5-11(17)6-10(14)4/h5-8H,17H2,1-4H3. The topological polar surface area (TPSA) is 61.0 Å². The van der Waals surface area contributed by atoms with Crippen LogP contribution in [0.2, 0.25) is 0 Å². The van der Waals surface area contributed by atoms with Crippen molar-refractivity contribution in [1.82, 2.24) is 9.97 Å². The highest BCUT2D eigenvalue weighted by atomic mass is 79.9. The van der Waals surface area contributed by atoms with E-state index in [1.807, 2.05) is 26.0 Å². The maximum Gasteiger partial charge on any atom is 0.322 e. The van der Waals surface area contributed by atoms with Gasteiger partial charge in [0.15, 0.2) is 0 Å². The van der Waals surface area contributed by atoms with Crippen LogP contribution in [0, 0.1) is 13.8 Å². The van der Waals surface area contributed by atoms with Crippen LogP contribution in [0.25, 0.3) is 0 Å². The third kappa shape index (κ3) is 3.10. The molecule has 0 aliphatic heterocycles. The summed E-state index contributed by atoms with van der Waals surface area (Å²) in [6, 6.07) is 4.11. The number of aryl methyl sites for hydroxylation is 2. The smallest absolute Gasteiger partial charge is 0.322 e. The molecule has 0 radical (unpaired) electrons. The van der Waals surface area contributed by atoms with Gasteiger partial charge in [-0.25, -0.2) is 4.98 Å². The van der Waals surface area contributed by atoms with Gasteiger partial charge in [-0.3, -0.25) is 0 Å². The third-order valence-electron chi connectivity index (χ3n) is 2.97. The number of benzene rings is 1. The van der Waals surface area contributed by atoms with Gasteiger partial charge in [-0.15, -0.1) is 0 Å². The largest absolute Gasteiger partial charge is 0.424 e. The fourth-order valence-corrected chi connectivity index (χ4v) is 2.70. The van der Waals surface area contributed by atoms with Gasteiger partial charge in [0.25, 0.3) is 0 Å². The van der Waals surface area contributed by atoms with Crippen molar-refractivity contribution in [3.05, 3.63) is 39.6 Å². The number of rotatable bonds is 3. The van der Waals surface area contributed by atoms with Crippen molar-refractivity contribution in [2.45, 2.75) is 33.6 Å². The van der Waals surface area contributed by atoms with Crippen molar-refractivity contribution in [2.24, 2.45) is 0 Å². The van der Waals surface area contributed by atoms with Crippen molar-refractivity contribution in [2.75, 3.05) is 5.73 Å². The van der Waals surface area contributed by atoms with Crippen molar-refractivity contribution >= 4 is 21.6 Å². The zero-order chi connectivity index (χ0) is 14.9. The second-order valence-electron chi connectivity index (χ2n) is 5.13. The Morgan fingerprint density at radius 1 is 1.20 bits per heavy atom. The Hall–Kier alpha value is -1.62. The van der Waals surface area contributed by atoms with E-state index in [1.165, 1.54) is 0 Å². The van der Waals surface area contributed by atoms with Gasteiger partial charge in [-0.1, -0.05) is 13.8 Å². The number of halogens is 1. The molecule has 0 unspecified atom stereocenters. The molecule has 0 aliphatic carbocycles. The quantitative estimate of drug-likeness (QED) is 0.847. The molecule has 1 aromatic heterocycles. The highest BCUT2D eigenvalue weighted by molar-refractivity contribution is 9.10. The number of hydrogen-bond donors (Lipinski definition) is 1. The molecular weight excluding hydrogens is 318 g/mol. The first-order chi connectivity index (χ1) is 9.38. The predicted molar refractivity (Wildman–Crippen MR) is 84.2 cm³/mol. The van der Waals surface area contributed by atoms with Crippen LogP contribution < -0.4 is 10.5 Å². The molecule has 20 heavy (non-hydrogen) atoms. The van der Waals surface area contributed by atoms with E-state index in [2.05, 4.69) is 39.7 Å². The zero-order valence-corrected chi connectivity index (χ0v) is 13.7. The van der Waals surface area contributed by atoms with E-state index >= 15 is 0 Å². The number of ether oxygens (including phenoxy) is 1. The van der Waals surface area contributed by atoms with E-state index in [9.17, 15) is 0 Å². The second-order valence-corrected chi connectivity index (χ2v) is 5.98. The summed E-state index contributed by atoms with van der Waals surface area (Å²) in [4.78, 5) is 8.67. The molecule has 5 heteroatoms.